The lowest BCUT2D eigenvalue weighted by molar-refractivity contribution is 0.443. The van der Waals surface area contributed by atoms with Crippen molar-refractivity contribution in [1.82, 2.24) is 4.98 Å². The summed E-state index contributed by atoms with van der Waals surface area (Å²) in [6.45, 7) is 0. The van der Waals surface area contributed by atoms with E-state index in [2.05, 4.69) is 4.98 Å². The van der Waals surface area contributed by atoms with Crippen molar-refractivity contribution in [1.29, 1.82) is 0 Å². The largest absolute Gasteiger partial charge is 0.455 e. The number of hydrogen-bond donors (Lipinski definition) is 0. The molecule has 0 bridgehead atoms. The first kappa shape index (κ1) is 14.6. The Labute approximate surface area is 193 Å². The average Bonchev–Trinajstić information content (AvgIpc) is 3.29. The first-order valence-electron chi connectivity index (χ1n) is 13.5. The molecule has 1 aliphatic carbocycles. The third-order valence-electron chi connectivity index (χ3n) is 6.28. The number of benzene rings is 3. The maximum atomic E-state index is 14.1. The van der Waals surface area contributed by atoms with E-state index < -0.39 is 35.9 Å². The lowest BCUT2D eigenvalue weighted by atomic mass is 9.84. The van der Waals surface area contributed by atoms with Gasteiger partial charge in [-0.15, -0.1) is 0 Å². The molecule has 0 spiro atoms. The molecule has 32 heavy (non-hydrogen) atoms. The topological polar surface area (TPSA) is 26.0 Å². The summed E-state index contributed by atoms with van der Waals surface area (Å²) >= 11 is 0. The van der Waals surface area contributed by atoms with Crippen LogP contribution in [0.1, 0.15) is 50.4 Å². The Kier molecular flexibility index (Phi) is 3.60. The summed E-state index contributed by atoms with van der Waals surface area (Å²) < 4.78 is 61.5. The normalized spacial score (nSPS) is 18.1. The average molecular weight is 427 g/mol. The lowest BCUT2D eigenvalue weighted by Crippen LogP contribution is -2.04. The Morgan fingerprint density at radius 1 is 0.906 bits per heavy atom. The number of fused-ring (bicyclic) bond motifs is 3. The van der Waals surface area contributed by atoms with Gasteiger partial charge in [0.1, 0.15) is 17.0 Å². The van der Waals surface area contributed by atoms with Crippen LogP contribution in [-0.2, 0) is 0 Å². The highest BCUT2D eigenvalue weighted by atomic mass is 19.1. The van der Waals surface area contributed by atoms with Gasteiger partial charge in [-0.25, -0.2) is 4.39 Å². The van der Waals surface area contributed by atoms with Crippen molar-refractivity contribution in [3.8, 4) is 22.4 Å². The van der Waals surface area contributed by atoms with Crippen LogP contribution in [-0.4, -0.2) is 4.98 Å². The van der Waals surface area contributed by atoms with E-state index in [0.717, 1.165) is 53.3 Å². The van der Waals surface area contributed by atoms with Crippen molar-refractivity contribution < 1.29 is 15.7 Å². The number of pyridine rings is 1. The molecule has 1 saturated carbocycles. The smallest absolute Gasteiger partial charge is 0.144 e. The summed E-state index contributed by atoms with van der Waals surface area (Å²) in [5.41, 5.74) is 4.11. The molecule has 1 aliphatic rings. The highest BCUT2D eigenvalue weighted by Gasteiger charge is 2.18. The van der Waals surface area contributed by atoms with Crippen molar-refractivity contribution in [2.75, 3.05) is 0 Å². The van der Waals surface area contributed by atoms with Gasteiger partial charge in [-0.1, -0.05) is 49.5 Å². The number of furan rings is 1. The van der Waals surface area contributed by atoms with Gasteiger partial charge in [-0.3, -0.25) is 4.98 Å². The number of para-hydroxylation sites is 1. The first-order valence-corrected chi connectivity index (χ1v) is 11.0. The van der Waals surface area contributed by atoms with Crippen LogP contribution >= 0.6 is 0 Å². The van der Waals surface area contributed by atoms with E-state index in [-0.39, 0.29) is 5.56 Å². The molecule has 0 radical (unpaired) electrons. The molecule has 0 amide bonds. The number of halogens is 1. The summed E-state index contributed by atoms with van der Waals surface area (Å²) in [5, 5.41) is 1.71. The summed E-state index contributed by atoms with van der Waals surface area (Å²) in [4.78, 5) is 4.60. The molecule has 0 saturated heterocycles. The fourth-order valence-electron chi connectivity index (χ4n) is 4.66. The number of aromatic nitrogens is 1. The van der Waals surface area contributed by atoms with Gasteiger partial charge < -0.3 is 4.42 Å². The summed E-state index contributed by atoms with van der Waals surface area (Å²) in [6.07, 6.45) is 6.72. The van der Waals surface area contributed by atoms with Crippen LogP contribution in [0, 0.1) is 5.82 Å². The molecule has 0 N–H and O–H groups in total. The third-order valence-corrected chi connectivity index (χ3v) is 6.28. The molecule has 6 rings (SSSR count). The Morgan fingerprint density at radius 2 is 1.75 bits per heavy atom. The molecule has 3 aromatic carbocycles. The number of hydrogen-bond acceptors (Lipinski definition) is 2. The Bertz CT molecular complexity index is 1660. The SMILES string of the molecule is [2H]c1c([2H])c(-c2ccc3c(c2)oc2c(-c4cc(C5([2H])CCCCC5)ccn4)cccc23)c([2H])c([2H])c1F. The van der Waals surface area contributed by atoms with Crippen LogP contribution < -0.4 is 0 Å². The minimum atomic E-state index is -1.16. The Balaban J connectivity index is 1.50. The van der Waals surface area contributed by atoms with Crippen LogP contribution in [0.4, 0.5) is 4.39 Å². The van der Waals surface area contributed by atoms with E-state index >= 15 is 0 Å². The Hall–Kier alpha value is -3.46. The van der Waals surface area contributed by atoms with E-state index in [1.54, 1.807) is 18.3 Å². The monoisotopic (exact) mass is 426 g/mol. The fourth-order valence-corrected chi connectivity index (χ4v) is 4.66. The number of rotatable bonds is 3. The van der Waals surface area contributed by atoms with Gasteiger partial charge in [0.25, 0.3) is 0 Å². The van der Waals surface area contributed by atoms with Crippen molar-refractivity contribution in [3.05, 3.63) is 90.3 Å². The highest BCUT2D eigenvalue weighted by Crippen LogP contribution is 2.38. The van der Waals surface area contributed by atoms with Crippen molar-refractivity contribution >= 4 is 21.9 Å². The standard InChI is InChI=1S/C29H24FNO/c30-23-12-9-20(10-13-23)21-11-14-24-25-7-4-8-26(29(25)32-28(24)18-21)27-17-22(15-16-31-27)19-5-2-1-3-6-19/h4,7-19H,1-3,5-6H2/i9D,10D,12D,13D,19D. The predicted octanol–water partition coefficient (Wildman–Crippen LogP) is 8.50. The molecule has 2 aromatic heterocycles. The molecule has 1 fully saturated rings. The van der Waals surface area contributed by atoms with Gasteiger partial charge in [0.2, 0.25) is 0 Å². The Morgan fingerprint density at radius 3 is 2.59 bits per heavy atom. The predicted molar refractivity (Wildman–Crippen MR) is 128 cm³/mol. The molecule has 2 nitrogen and oxygen atoms in total. The number of nitrogens with zero attached hydrogens (tertiary/aromatic N) is 1. The minimum absolute atomic E-state index is 0.0292. The molecular weight excluding hydrogens is 397 g/mol. The molecule has 0 unspecified atom stereocenters. The summed E-state index contributed by atoms with van der Waals surface area (Å²) in [5.74, 6) is -1.76. The first-order chi connectivity index (χ1) is 17.8. The maximum Gasteiger partial charge on any atom is 0.144 e. The van der Waals surface area contributed by atoms with Crippen LogP contribution in [0.15, 0.2) is 83.3 Å². The van der Waals surface area contributed by atoms with E-state index in [4.69, 9.17) is 11.3 Å². The molecule has 0 atom stereocenters. The van der Waals surface area contributed by atoms with Gasteiger partial charge in [0, 0.05) is 23.9 Å². The maximum absolute atomic E-state index is 14.1. The van der Waals surface area contributed by atoms with Gasteiger partial charge in [-0.05, 0) is 77.8 Å². The van der Waals surface area contributed by atoms with E-state index in [9.17, 15) is 4.39 Å². The lowest BCUT2D eigenvalue weighted by Gasteiger charge is -2.22. The second-order valence-electron chi connectivity index (χ2n) is 8.28. The van der Waals surface area contributed by atoms with Crippen molar-refractivity contribution in [3.63, 3.8) is 0 Å². The van der Waals surface area contributed by atoms with Crippen molar-refractivity contribution in [2.24, 2.45) is 0 Å². The van der Waals surface area contributed by atoms with Crippen LogP contribution in [0.2, 0.25) is 0 Å². The highest BCUT2D eigenvalue weighted by molar-refractivity contribution is 6.10. The molecule has 0 aliphatic heterocycles. The van der Waals surface area contributed by atoms with Gasteiger partial charge >= 0.3 is 0 Å². The minimum Gasteiger partial charge on any atom is -0.455 e. The second-order valence-corrected chi connectivity index (χ2v) is 8.28. The summed E-state index contributed by atoms with van der Waals surface area (Å²) in [6, 6.07) is 12.7. The molecule has 2 heterocycles. The molecule has 3 heteroatoms. The van der Waals surface area contributed by atoms with Gasteiger partial charge in [-0.2, -0.15) is 0 Å². The van der Waals surface area contributed by atoms with Crippen LogP contribution in [0.3, 0.4) is 0 Å². The molecule has 5 aromatic rings. The van der Waals surface area contributed by atoms with Gasteiger partial charge in [0.05, 0.1) is 11.2 Å². The quantitative estimate of drug-likeness (QED) is 0.289. The van der Waals surface area contributed by atoms with E-state index in [0.29, 0.717) is 16.7 Å². The zero-order valence-electron chi connectivity index (χ0n) is 22.5. The zero-order valence-corrected chi connectivity index (χ0v) is 17.5. The van der Waals surface area contributed by atoms with Crippen molar-refractivity contribution in [2.45, 2.75) is 38.0 Å². The van der Waals surface area contributed by atoms with E-state index in [1.165, 1.54) is 6.42 Å². The summed E-state index contributed by atoms with van der Waals surface area (Å²) in [7, 11) is 0. The van der Waals surface area contributed by atoms with Crippen LogP contribution in [0.25, 0.3) is 44.3 Å². The second kappa shape index (κ2) is 7.90. The van der Waals surface area contributed by atoms with Gasteiger partial charge in [0.15, 0.2) is 0 Å². The van der Waals surface area contributed by atoms with Crippen LogP contribution in [0.5, 0.6) is 0 Å². The molecule has 158 valence electrons. The third kappa shape index (κ3) is 3.38. The zero-order chi connectivity index (χ0) is 25.9. The molecular formula is C29H24FNO. The van der Waals surface area contributed by atoms with E-state index in [1.807, 2.05) is 36.4 Å². The fraction of sp³-hybridized carbons (Fsp3) is 0.207.